The molecule has 10 nitrogen and oxygen atoms in total. The molecule has 32 heavy (non-hydrogen) atoms. The minimum Gasteiger partial charge on any atom is -0.464 e. The number of methoxy groups -OCH3 is 1. The molecule has 0 atom stereocenters. The van der Waals surface area contributed by atoms with Crippen molar-refractivity contribution in [1.82, 2.24) is 14.9 Å². The van der Waals surface area contributed by atoms with Gasteiger partial charge in [-0.25, -0.2) is 19.6 Å². The summed E-state index contributed by atoms with van der Waals surface area (Å²) in [6, 6.07) is 6.97. The van der Waals surface area contributed by atoms with Gasteiger partial charge in [-0.2, -0.15) is 0 Å². The zero-order valence-electron chi connectivity index (χ0n) is 19.0. The van der Waals surface area contributed by atoms with Gasteiger partial charge in [-0.3, -0.25) is 4.79 Å². The molecule has 2 amide bonds. The zero-order chi connectivity index (χ0) is 23.9. The summed E-state index contributed by atoms with van der Waals surface area (Å²) in [4.78, 5) is 45.7. The Bertz CT molecular complexity index is 987. The van der Waals surface area contributed by atoms with E-state index in [9.17, 15) is 14.4 Å². The molecule has 1 heterocycles. The van der Waals surface area contributed by atoms with Crippen molar-refractivity contribution in [3.05, 3.63) is 36.2 Å². The number of benzene rings is 1. The highest BCUT2D eigenvalue weighted by atomic mass is 16.6. The van der Waals surface area contributed by atoms with Gasteiger partial charge in [0.1, 0.15) is 5.60 Å². The van der Waals surface area contributed by atoms with Gasteiger partial charge in [-0.05, 0) is 39.3 Å². The first-order chi connectivity index (χ1) is 15.0. The summed E-state index contributed by atoms with van der Waals surface area (Å²) >= 11 is 0. The maximum atomic E-state index is 12.3. The highest BCUT2D eigenvalue weighted by Crippen LogP contribution is 2.22. The van der Waals surface area contributed by atoms with Crippen molar-refractivity contribution in [1.29, 1.82) is 0 Å². The van der Waals surface area contributed by atoms with E-state index in [1.165, 1.54) is 18.2 Å². The predicted octanol–water partition coefficient (Wildman–Crippen LogP) is 3.10. The van der Waals surface area contributed by atoms with Gasteiger partial charge in [0.05, 0.1) is 19.0 Å². The smallest absolute Gasteiger partial charge is 0.410 e. The molecule has 0 fully saturated rings. The third kappa shape index (κ3) is 7.22. The van der Waals surface area contributed by atoms with Crippen LogP contribution in [0.15, 0.2) is 30.5 Å². The van der Waals surface area contributed by atoms with E-state index < -0.39 is 17.7 Å². The third-order valence-corrected chi connectivity index (χ3v) is 4.22. The van der Waals surface area contributed by atoms with Gasteiger partial charge in [0.25, 0.3) is 0 Å². The number of anilines is 2. The molecule has 1 aromatic heterocycles. The van der Waals surface area contributed by atoms with Crippen molar-refractivity contribution in [2.45, 2.75) is 39.2 Å². The molecule has 0 aliphatic carbocycles. The van der Waals surface area contributed by atoms with Crippen molar-refractivity contribution < 1.29 is 23.9 Å². The maximum Gasteiger partial charge on any atom is 0.410 e. The van der Waals surface area contributed by atoms with Gasteiger partial charge in [-0.1, -0.05) is 12.1 Å². The molecular formula is C22H29N5O5. The van der Waals surface area contributed by atoms with E-state index in [4.69, 9.17) is 10.5 Å². The van der Waals surface area contributed by atoms with Gasteiger partial charge in [0.2, 0.25) is 5.91 Å². The van der Waals surface area contributed by atoms with Crippen LogP contribution in [0.5, 0.6) is 0 Å². The van der Waals surface area contributed by atoms with Crippen LogP contribution in [0, 0.1) is 0 Å². The van der Waals surface area contributed by atoms with Crippen LogP contribution in [0.4, 0.5) is 16.3 Å². The highest BCUT2D eigenvalue weighted by Gasteiger charge is 2.19. The number of hydrogen-bond donors (Lipinski definition) is 2. The molecule has 0 unspecified atom stereocenters. The van der Waals surface area contributed by atoms with E-state index in [0.29, 0.717) is 29.9 Å². The van der Waals surface area contributed by atoms with Crippen LogP contribution >= 0.6 is 0 Å². The van der Waals surface area contributed by atoms with E-state index >= 15 is 0 Å². The van der Waals surface area contributed by atoms with Crippen molar-refractivity contribution in [3.8, 4) is 11.3 Å². The number of amides is 2. The van der Waals surface area contributed by atoms with E-state index in [1.807, 2.05) is 0 Å². The predicted molar refractivity (Wildman–Crippen MR) is 120 cm³/mol. The summed E-state index contributed by atoms with van der Waals surface area (Å²) in [5.74, 6) is -0.905. The van der Waals surface area contributed by atoms with Crippen molar-refractivity contribution in [3.63, 3.8) is 0 Å². The summed E-state index contributed by atoms with van der Waals surface area (Å²) in [5.41, 5.74) is 6.66. The highest BCUT2D eigenvalue weighted by molar-refractivity contribution is 5.93. The molecule has 2 aromatic rings. The lowest BCUT2D eigenvalue weighted by atomic mass is 10.1. The molecule has 0 aliphatic heterocycles. The topological polar surface area (TPSA) is 137 Å². The molecule has 0 aliphatic rings. The fourth-order valence-electron chi connectivity index (χ4n) is 2.67. The second-order valence-corrected chi connectivity index (χ2v) is 8.12. The number of nitrogens with zero attached hydrogens (tertiary/aromatic N) is 3. The van der Waals surface area contributed by atoms with Crippen molar-refractivity contribution >= 4 is 29.5 Å². The molecular weight excluding hydrogens is 414 g/mol. The van der Waals surface area contributed by atoms with Gasteiger partial charge < -0.3 is 25.4 Å². The second-order valence-electron chi connectivity index (χ2n) is 8.12. The Morgan fingerprint density at radius 2 is 1.94 bits per heavy atom. The Morgan fingerprint density at radius 3 is 2.59 bits per heavy atom. The minimum atomic E-state index is -0.683. The van der Waals surface area contributed by atoms with Crippen molar-refractivity contribution in [2.75, 3.05) is 31.8 Å². The fraction of sp³-hybridized carbons (Fsp3) is 0.409. The molecule has 0 saturated carbocycles. The van der Waals surface area contributed by atoms with E-state index in [2.05, 4.69) is 20.0 Å². The molecule has 0 saturated heterocycles. The Hall–Kier alpha value is -3.69. The van der Waals surface area contributed by atoms with Crippen LogP contribution in [0.1, 0.15) is 44.1 Å². The Balaban J connectivity index is 1.96. The first-order valence-electron chi connectivity index (χ1n) is 10.1. The number of carbonyl (C=O) groups is 3. The van der Waals surface area contributed by atoms with Crippen LogP contribution in [-0.2, 0) is 14.3 Å². The van der Waals surface area contributed by atoms with Crippen LogP contribution in [-0.4, -0.2) is 59.1 Å². The third-order valence-electron chi connectivity index (χ3n) is 4.22. The lowest BCUT2D eigenvalue weighted by Crippen LogP contribution is -2.35. The quantitative estimate of drug-likeness (QED) is 0.623. The fourth-order valence-corrected chi connectivity index (χ4v) is 2.67. The molecule has 3 N–H and O–H groups in total. The van der Waals surface area contributed by atoms with Crippen LogP contribution in [0.3, 0.4) is 0 Å². The summed E-state index contributed by atoms with van der Waals surface area (Å²) in [6.07, 6.45) is 1.72. The monoisotopic (exact) mass is 443 g/mol. The molecule has 172 valence electrons. The van der Waals surface area contributed by atoms with Gasteiger partial charge in [-0.15, -0.1) is 0 Å². The summed E-state index contributed by atoms with van der Waals surface area (Å²) in [6.45, 7) is 5.78. The molecule has 1 aromatic carbocycles. The molecule has 0 radical (unpaired) electrons. The summed E-state index contributed by atoms with van der Waals surface area (Å²) in [7, 11) is 2.86. The van der Waals surface area contributed by atoms with E-state index in [1.54, 1.807) is 52.1 Å². The molecule has 10 heteroatoms. The maximum absolute atomic E-state index is 12.3. The Kier molecular flexibility index (Phi) is 8.11. The standard InChI is InChI=1S/C22H29N5O5/c1-22(2,3)32-21(30)27(4)11-7-10-17(28)25-15-9-6-8-14(12-15)16-13-24-19(23)18(26-16)20(29)31-5/h6,8-9,12-13H,7,10-11H2,1-5H3,(H2,23,24)(H,25,28). The molecule has 0 bridgehead atoms. The number of carbonyl (C=O) groups excluding carboxylic acids is 3. The summed E-state index contributed by atoms with van der Waals surface area (Å²) < 4.78 is 9.95. The number of nitrogens with one attached hydrogen (secondary N) is 1. The van der Waals surface area contributed by atoms with Gasteiger partial charge in [0.15, 0.2) is 11.5 Å². The summed E-state index contributed by atoms with van der Waals surface area (Å²) in [5, 5.41) is 2.82. The average molecular weight is 444 g/mol. The largest absolute Gasteiger partial charge is 0.464 e. The van der Waals surface area contributed by atoms with Crippen LogP contribution in [0.25, 0.3) is 11.3 Å². The zero-order valence-corrected chi connectivity index (χ0v) is 19.0. The number of aromatic nitrogens is 2. The van der Waals surface area contributed by atoms with Crippen LogP contribution < -0.4 is 11.1 Å². The second kappa shape index (κ2) is 10.6. The van der Waals surface area contributed by atoms with Crippen LogP contribution in [0.2, 0.25) is 0 Å². The number of hydrogen-bond acceptors (Lipinski definition) is 8. The minimum absolute atomic E-state index is 0.0265. The van der Waals surface area contributed by atoms with E-state index in [-0.39, 0.29) is 23.8 Å². The SMILES string of the molecule is COC(=O)c1nc(-c2cccc(NC(=O)CCCN(C)C(=O)OC(C)(C)C)c2)cnc1N. The Labute approximate surface area is 187 Å². The first-order valence-corrected chi connectivity index (χ1v) is 10.1. The number of nitrogen functional groups attached to an aromatic ring is 1. The lowest BCUT2D eigenvalue weighted by Gasteiger charge is -2.24. The van der Waals surface area contributed by atoms with Crippen molar-refractivity contribution in [2.24, 2.45) is 0 Å². The van der Waals surface area contributed by atoms with Gasteiger partial charge in [0, 0.05) is 31.3 Å². The molecule has 0 spiro atoms. The number of esters is 1. The Morgan fingerprint density at radius 1 is 1.22 bits per heavy atom. The van der Waals surface area contributed by atoms with Gasteiger partial charge >= 0.3 is 12.1 Å². The first kappa shape index (κ1) is 24.6. The number of ether oxygens (including phenoxy) is 2. The lowest BCUT2D eigenvalue weighted by molar-refractivity contribution is -0.116. The number of rotatable bonds is 7. The van der Waals surface area contributed by atoms with E-state index in [0.717, 1.165) is 0 Å². The number of nitrogens with two attached hydrogens (primary N) is 1. The molecule has 2 rings (SSSR count). The average Bonchev–Trinajstić information content (AvgIpc) is 2.72. The normalized spacial score (nSPS) is 10.9.